The molecule has 0 aromatic rings. The lowest BCUT2D eigenvalue weighted by Crippen LogP contribution is -2.19. The second-order valence-corrected chi connectivity index (χ2v) is 3.22. The molecule has 0 aromatic heterocycles. The van der Waals surface area contributed by atoms with Gasteiger partial charge in [0.2, 0.25) is 0 Å². The van der Waals surface area contributed by atoms with Crippen molar-refractivity contribution in [3.8, 4) is 0 Å². The van der Waals surface area contributed by atoms with Gasteiger partial charge in [0.25, 0.3) is 0 Å². The first-order valence-electron chi connectivity index (χ1n) is 3.53. The normalized spacial score (nSPS) is 42.9. The molecule has 0 nitrogen and oxygen atoms in total. The Balaban J connectivity index is 2.14. The number of allylic oxidation sites excluding steroid dienone is 2. The summed E-state index contributed by atoms with van der Waals surface area (Å²) >= 11 is 0. The molecule has 0 heteroatoms. The van der Waals surface area contributed by atoms with E-state index in [9.17, 15) is 0 Å². The fraction of sp³-hybridized carbons (Fsp3) is 0.750. The first-order chi connectivity index (χ1) is 3.86. The molecule has 1 fully saturated rings. The Bertz CT molecular complexity index is 133. The summed E-state index contributed by atoms with van der Waals surface area (Å²) in [6.45, 7) is 2.26. The molecule has 2 aliphatic carbocycles. The maximum absolute atomic E-state index is 2.47. The lowest BCUT2D eigenvalue weighted by molar-refractivity contribution is 0.248. The van der Waals surface area contributed by atoms with Crippen LogP contribution in [0.2, 0.25) is 0 Å². The van der Waals surface area contributed by atoms with Crippen molar-refractivity contribution in [3.63, 3.8) is 0 Å². The Morgan fingerprint density at radius 1 is 1.50 bits per heavy atom. The van der Waals surface area contributed by atoms with Crippen LogP contribution in [-0.4, -0.2) is 0 Å². The zero-order valence-corrected chi connectivity index (χ0v) is 5.35. The van der Waals surface area contributed by atoms with E-state index in [0.29, 0.717) is 0 Å². The van der Waals surface area contributed by atoms with E-state index >= 15 is 0 Å². The molecule has 0 aliphatic heterocycles. The second-order valence-electron chi connectivity index (χ2n) is 3.22. The van der Waals surface area contributed by atoms with Crippen molar-refractivity contribution in [2.24, 2.45) is 11.8 Å². The summed E-state index contributed by atoms with van der Waals surface area (Å²) in [5, 5.41) is 0. The monoisotopic (exact) mass is 108 g/mol. The van der Waals surface area contributed by atoms with Crippen LogP contribution < -0.4 is 0 Å². The van der Waals surface area contributed by atoms with E-state index in [-0.39, 0.29) is 0 Å². The van der Waals surface area contributed by atoms with E-state index in [4.69, 9.17) is 0 Å². The van der Waals surface area contributed by atoms with Gasteiger partial charge in [0.1, 0.15) is 0 Å². The van der Waals surface area contributed by atoms with Gasteiger partial charge in [0.15, 0.2) is 0 Å². The molecule has 0 N–H and O–H groups in total. The Labute approximate surface area is 50.6 Å². The first kappa shape index (κ1) is 4.60. The molecule has 0 radical (unpaired) electrons. The smallest absolute Gasteiger partial charge is 0.0199 e. The summed E-state index contributed by atoms with van der Waals surface area (Å²) in [6, 6.07) is 0. The van der Waals surface area contributed by atoms with E-state index in [0.717, 1.165) is 11.8 Å². The Morgan fingerprint density at radius 2 is 2.38 bits per heavy atom. The van der Waals surface area contributed by atoms with Crippen LogP contribution in [0.15, 0.2) is 11.6 Å². The van der Waals surface area contributed by atoms with Gasteiger partial charge in [0, 0.05) is 0 Å². The van der Waals surface area contributed by atoms with Gasteiger partial charge in [-0.25, -0.2) is 0 Å². The molecule has 2 unspecified atom stereocenters. The van der Waals surface area contributed by atoms with E-state index in [2.05, 4.69) is 13.0 Å². The summed E-state index contributed by atoms with van der Waals surface area (Å²) < 4.78 is 0. The zero-order valence-electron chi connectivity index (χ0n) is 5.35. The summed E-state index contributed by atoms with van der Waals surface area (Å²) in [5.74, 6) is 2.09. The van der Waals surface area contributed by atoms with Crippen molar-refractivity contribution in [2.75, 3.05) is 0 Å². The number of hydrogen-bond acceptors (Lipinski definition) is 0. The molecule has 1 saturated carbocycles. The molecule has 8 heavy (non-hydrogen) atoms. The third-order valence-electron chi connectivity index (χ3n) is 2.56. The zero-order chi connectivity index (χ0) is 5.56. The summed E-state index contributed by atoms with van der Waals surface area (Å²) in [5.41, 5.74) is 1.64. The topological polar surface area (TPSA) is 0 Å². The molecule has 0 bridgehead atoms. The molecule has 2 rings (SSSR count). The van der Waals surface area contributed by atoms with Crippen LogP contribution in [-0.2, 0) is 0 Å². The molecule has 0 heterocycles. The summed E-state index contributed by atoms with van der Waals surface area (Å²) in [7, 11) is 0. The van der Waals surface area contributed by atoms with Crippen molar-refractivity contribution in [2.45, 2.75) is 26.2 Å². The highest BCUT2D eigenvalue weighted by Crippen LogP contribution is 2.44. The largest absolute Gasteiger partial charge is 0.0822 e. The highest BCUT2D eigenvalue weighted by molar-refractivity contribution is 5.14. The number of fused-ring (bicyclic) bond motifs is 1. The van der Waals surface area contributed by atoms with E-state index in [1.807, 2.05) is 0 Å². The quantitative estimate of drug-likeness (QED) is 0.418. The first-order valence-corrected chi connectivity index (χ1v) is 3.53. The average Bonchev–Trinajstić information content (AvgIpc) is 1.91. The molecule has 0 amide bonds. The molecular weight excluding hydrogens is 96.1 g/mol. The van der Waals surface area contributed by atoms with Crippen molar-refractivity contribution in [1.82, 2.24) is 0 Å². The summed E-state index contributed by atoms with van der Waals surface area (Å²) in [6.07, 6.45) is 6.85. The standard InChI is InChI=1S/C8H12/c1-6-4-7-2-3-8(7)5-6/h4,7-8H,2-3,5H2,1H3. The van der Waals surface area contributed by atoms with Crippen molar-refractivity contribution in [3.05, 3.63) is 11.6 Å². The van der Waals surface area contributed by atoms with E-state index in [1.54, 1.807) is 5.57 Å². The van der Waals surface area contributed by atoms with Crippen LogP contribution in [0.5, 0.6) is 0 Å². The van der Waals surface area contributed by atoms with Crippen molar-refractivity contribution in [1.29, 1.82) is 0 Å². The van der Waals surface area contributed by atoms with Gasteiger partial charge in [-0.1, -0.05) is 11.6 Å². The molecule has 0 saturated heterocycles. The van der Waals surface area contributed by atoms with Crippen LogP contribution in [0.1, 0.15) is 26.2 Å². The summed E-state index contributed by atoms with van der Waals surface area (Å²) in [4.78, 5) is 0. The molecule has 2 atom stereocenters. The molecule has 44 valence electrons. The van der Waals surface area contributed by atoms with Gasteiger partial charge in [-0.2, -0.15) is 0 Å². The van der Waals surface area contributed by atoms with Gasteiger partial charge in [-0.15, -0.1) is 0 Å². The molecule has 2 aliphatic rings. The van der Waals surface area contributed by atoms with Crippen LogP contribution in [0.4, 0.5) is 0 Å². The van der Waals surface area contributed by atoms with Gasteiger partial charge in [-0.3, -0.25) is 0 Å². The maximum Gasteiger partial charge on any atom is -0.0199 e. The van der Waals surface area contributed by atoms with Crippen LogP contribution in [0.25, 0.3) is 0 Å². The van der Waals surface area contributed by atoms with Gasteiger partial charge >= 0.3 is 0 Å². The fourth-order valence-corrected chi connectivity index (χ4v) is 1.91. The Kier molecular flexibility index (Phi) is 0.787. The minimum absolute atomic E-state index is 1.01. The third kappa shape index (κ3) is 0.460. The Morgan fingerprint density at radius 3 is 2.62 bits per heavy atom. The SMILES string of the molecule is CC1=CC2CCC2C1. The van der Waals surface area contributed by atoms with Gasteiger partial charge < -0.3 is 0 Å². The lowest BCUT2D eigenvalue weighted by atomic mass is 9.76. The van der Waals surface area contributed by atoms with E-state index < -0.39 is 0 Å². The fourth-order valence-electron chi connectivity index (χ4n) is 1.91. The minimum Gasteiger partial charge on any atom is -0.0822 e. The second kappa shape index (κ2) is 1.37. The molecule has 0 spiro atoms. The van der Waals surface area contributed by atoms with Crippen LogP contribution in [0.3, 0.4) is 0 Å². The highest BCUT2D eigenvalue weighted by Gasteiger charge is 2.32. The van der Waals surface area contributed by atoms with Gasteiger partial charge in [-0.05, 0) is 38.0 Å². The van der Waals surface area contributed by atoms with Crippen molar-refractivity contribution < 1.29 is 0 Å². The predicted octanol–water partition coefficient (Wildman–Crippen LogP) is 2.36. The highest BCUT2D eigenvalue weighted by atomic mass is 14.4. The molecular formula is C8H12. The number of rotatable bonds is 0. The van der Waals surface area contributed by atoms with Gasteiger partial charge in [0.05, 0.1) is 0 Å². The van der Waals surface area contributed by atoms with Crippen LogP contribution >= 0.6 is 0 Å². The lowest BCUT2D eigenvalue weighted by Gasteiger charge is -2.29. The number of hydrogen-bond donors (Lipinski definition) is 0. The average molecular weight is 108 g/mol. The maximum atomic E-state index is 2.47. The Hall–Kier alpha value is -0.260. The predicted molar refractivity (Wildman–Crippen MR) is 34.6 cm³/mol. The minimum atomic E-state index is 1.01. The van der Waals surface area contributed by atoms with Crippen molar-refractivity contribution >= 4 is 0 Å². The molecule has 0 aromatic carbocycles. The third-order valence-corrected chi connectivity index (χ3v) is 2.56. The van der Waals surface area contributed by atoms with E-state index in [1.165, 1.54) is 19.3 Å². The van der Waals surface area contributed by atoms with Crippen LogP contribution in [0, 0.1) is 11.8 Å².